The van der Waals surface area contributed by atoms with Gasteiger partial charge in [-0.05, 0) is 26.0 Å². The maximum absolute atomic E-state index is 11.8. The van der Waals surface area contributed by atoms with Crippen molar-refractivity contribution >= 4 is 11.7 Å². The maximum Gasteiger partial charge on any atom is 0.271 e. The summed E-state index contributed by atoms with van der Waals surface area (Å²) in [6, 6.07) is 3.60. The Bertz CT molecular complexity index is 387. The van der Waals surface area contributed by atoms with Crippen LogP contribution in [0, 0.1) is 0 Å². The number of amides is 1. The molecule has 0 aliphatic carbocycles. The molecule has 1 aromatic heterocycles. The first-order chi connectivity index (χ1) is 6.52. The van der Waals surface area contributed by atoms with Crippen molar-refractivity contribution in [3.8, 4) is 5.75 Å². The molecule has 4 nitrogen and oxygen atoms in total. The van der Waals surface area contributed by atoms with E-state index in [0.29, 0.717) is 11.6 Å². The van der Waals surface area contributed by atoms with Crippen LogP contribution < -0.4 is 9.64 Å². The minimum Gasteiger partial charge on any atom is -0.474 e. The Morgan fingerprint density at radius 2 is 2.21 bits per heavy atom. The molecule has 1 aliphatic heterocycles. The van der Waals surface area contributed by atoms with Gasteiger partial charge in [0.05, 0.1) is 0 Å². The Kier molecular flexibility index (Phi) is 1.74. The molecule has 0 radical (unpaired) electrons. The molecule has 0 N–H and O–H groups in total. The number of nitrogens with zero attached hydrogens (tertiary/aromatic N) is 2. The Labute approximate surface area is 82.5 Å². The number of carbonyl (C=O) groups excluding carboxylic acids is 1. The number of pyridine rings is 1. The summed E-state index contributed by atoms with van der Waals surface area (Å²) >= 11 is 0. The Morgan fingerprint density at radius 1 is 1.50 bits per heavy atom. The lowest BCUT2D eigenvalue weighted by molar-refractivity contribution is -0.132. The van der Waals surface area contributed by atoms with Crippen LogP contribution in [0.1, 0.15) is 13.8 Å². The topological polar surface area (TPSA) is 42.4 Å². The summed E-state index contributed by atoms with van der Waals surface area (Å²) in [7, 11) is 1.71. The number of likely N-dealkylation sites (N-methyl/N-ethyl adjacent to an activating group) is 1. The second-order valence-corrected chi connectivity index (χ2v) is 3.80. The second kappa shape index (κ2) is 2.70. The van der Waals surface area contributed by atoms with Crippen LogP contribution in [0.5, 0.6) is 5.75 Å². The quantitative estimate of drug-likeness (QED) is 0.620. The largest absolute Gasteiger partial charge is 0.474 e. The minimum absolute atomic E-state index is 0.0799. The number of rotatable bonds is 0. The number of fused-ring (bicyclic) bond motifs is 1. The Hall–Kier alpha value is -1.58. The predicted molar refractivity (Wildman–Crippen MR) is 52.4 cm³/mol. The summed E-state index contributed by atoms with van der Waals surface area (Å²) in [5.41, 5.74) is -0.801. The highest BCUT2D eigenvalue weighted by Crippen LogP contribution is 2.34. The molecule has 0 spiro atoms. The van der Waals surface area contributed by atoms with Gasteiger partial charge >= 0.3 is 0 Å². The van der Waals surface area contributed by atoms with Gasteiger partial charge in [-0.3, -0.25) is 9.69 Å². The molecular weight excluding hydrogens is 180 g/mol. The molecule has 1 aromatic rings. The molecule has 0 saturated carbocycles. The first kappa shape index (κ1) is 8.99. The second-order valence-electron chi connectivity index (χ2n) is 3.80. The Balaban J connectivity index is 2.53. The van der Waals surface area contributed by atoms with E-state index in [0.717, 1.165) is 0 Å². The number of anilines is 1. The summed E-state index contributed by atoms with van der Waals surface area (Å²) in [5.74, 6) is 1.15. The van der Waals surface area contributed by atoms with E-state index < -0.39 is 5.60 Å². The molecule has 0 fully saturated rings. The van der Waals surface area contributed by atoms with Gasteiger partial charge in [-0.2, -0.15) is 0 Å². The molecule has 0 aromatic carbocycles. The third-order valence-corrected chi connectivity index (χ3v) is 2.25. The van der Waals surface area contributed by atoms with Crippen molar-refractivity contribution in [1.29, 1.82) is 0 Å². The summed E-state index contributed by atoms with van der Waals surface area (Å²) < 4.78 is 5.55. The number of hydrogen-bond acceptors (Lipinski definition) is 3. The highest BCUT2D eigenvalue weighted by molar-refractivity contribution is 6.00. The van der Waals surface area contributed by atoms with Crippen LogP contribution in [0.2, 0.25) is 0 Å². The van der Waals surface area contributed by atoms with Gasteiger partial charge < -0.3 is 4.74 Å². The summed E-state index contributed by atoms with van der Waals surface area (Å²) in [5, 5.41) is 0. The van der Waals surface area contributed by atoms with Crippen molar-refractivity contribution in [2.24, 2.45) is 0 Å². The molecule has 0 saturated heterocycles. The molecule has 0 atom stereocenters. The van der Waals surface area contributed by atoms with Gasteiger partial charge in [-0.1, -0.05) is 0 Å². The van der Waals surface area contributed by atoms with Crippen LogP contribution in [-0.4, -0.2) is 23.5 Å². The fourth-order valence-electron chi connectivity index (χ4n) is 1.53. The zero-order valence-corrected chi connectivity index (χ0v) is 8.44. The van der Waals surface area contributed by atoms with Crippen LogP contribution in [-0.2, 0) is 4.79 Å². The van der Waals surface area contributed by atoms with Crippen molar-refractivity contribution in [2.75, 3.05) is 11.9 Å². The van der Waals surface area contributed by atoms with E-state index in [1.54, 1.807) is 33.2 Å². The van der Waals surface area contributed by atoms with E-state index in [1.807, 2.05) is 6.07 Å². The lowest BCUT2D eigenvalue weighted by Crippen LogP contribution is -2.51. The molecule has 2 heterocycles. The summed E-state index contributed by atoms with van der Waals surface area (Å²) in [6.07, 6.45) is 1.64. The first-order valence-electron chi connectivity index (χ1n) is 4.44. The molecular formula is C10H12N2O2. The van der Waals surface area contributed by atoms with Gasteiger partial charge in [0.1, 0.15) is 0 Å². The monoisotopic (exact) mass is 192 g/mol. The number of carbonyl (C=O) groups is 1. The van der Waals surface area contributed by atoms with E-state index in [2.05, 4.69) is 4.98 Å². The van der Waals surface area contributed by atoms with Crippen LogP contribution >= 0.6 is 0 Å². The van der Waals surface area contributed by atoms with Crippen molar-refractivity contribution < 1.29 is 9.53 Å². The SMILES string of the molecule is CN1C(=O)C(C)(C)Oc2cccnc21. The minimum atomic E-state index is -0.801. The van der Waals surface area contributed by atoms with E-state index in [1.165, 1.54) is 4.90 Å². The van der Waals surface area contributed by atoms with Crippen LogP contribution in [0.25, 0.3) is 0 Å². The third-order valence-electron chi connectivity index (χ3n) is 2.25. The fourth-order valence-corrected chi connectivity index (χ4v) is 1.53. The van der Waals surface area contributed by atoms with Crippen molar-refractivity contribution in [2.45, 2.75) is 19.4 Å². The number of ether oxygens (including phenoxy) is 1. The molecule has 4 heteroatoms. The van der Waals surface area contributed by atoms with Gasteiger partial charge in [0, 0.05) is 13.2 Å². The summed E-state index contributed by atoms with van der Waals surface area (Å²) in [4.78, 5) is 17.4. The van der Waals surface area contributed by atoms with E-state index >= 15 is 0 Å². The maximum atomic E-state index is 11.8. The van der Waals surface area contributed by atoms with Gasteiger partial charge in [-0.15, -0.1) is 0 Å². The molecule has 14 heavy (non-hydrogen) atoms. The summed E-state index contributed by atoms with van der Waals surface area (Å²) in [6.45, 7) is 3.50. The van der Waals surface area contributed by atoms with E-state index in [4.69, 9.17) is 4.74 Å². The van der Waals surface area contributed by atoms with Crippen molar-refractivity contribution in [1.82, 2.24) is 4.98 Å². The van der Waals surface area contributed by atoms with Gasteiger partial charge in [0.25, 0.3) is 5.91 Å². The molecule has 2 rings (SSSR count). The van der Waals surface area contributed by atoms with E-state index in [-0.39, 0.29) is 5.91 Å². The predicted octanol–water partition coefficient (Wildman–Crippen LogP) is 1.22. The van der Waals surface area contributed by atoms with Crippen molar-refractivity contribution in [3.05, 3.63) is 18.3 Å². The normalized spacial score (nSPS) is 18.8. The smallest absolute Gasteiger partial charge is 0.271 e. The molecule has 1 aliphatic rings. The zero-order chi connectivity index (χ0) is 10.3. The molecule has 1 amide bonds. The first-order valence-corrected chi connectivity index (χ1v) is 4.44. The molecule has 74 valence electrons. The van der Waals surface area contributed by atoms with E-state index in [9.17, 15) is 4.79 Å². The van der Waals surface area contributed by atoms with Gasteiger partial charge in [0.2, 0.25) is 0 Å². The Morgan fingerprint density at radius 3 is 2.93 bits per heavy atom. The average Bonchev–Trinajstić information content (AvgIpc) is 2.14. The van der Waals surface area contributed by atoms with Gasteiger partial charge in [-0.25, -0.2) is 4.98 Å². The van der Waals surface area contributed by atoms with Crippen LogP contribution in [0.15, 0.2) is 18.3 Å². The highest BCUT2D eigenvalue weighted by atomic mass is 16.5. The van der Waals surface area contributed by atoms with Crippen molar-refractivity contribution in [3.63, 3.8) is 0 Å². The van der Waals surface area contributed by atoms with Crippen LogP contribution in [0.3, 0.4) is 0 Å². The lowest BCUT2D eigenvalue weighted by Gasteiger charge is -2.35. The fraction of sp³-hybridized carbons (Fsp3) is 0.400. The highest BCUT2D eigenvalue weighted by Gasteiger charge is 2.39. The van der Waals surface area contributed by atoms with Crippen LogP contribution in [0.4, 0.5) is 5.82 Å². The molecule has 0 unspecified atom stereocenters. The lowest BCUT2D eigenvalue weighted by atomic mass is 10.1. The third kappa shape index (κ3) is 1.14. The standard InChI is InChI=1S/C10H12N2O2/c1-10(2)9(13)12(3)8-7(14-10)5-4-6-11-8/h4-6H,1-3H3. The number of aromatic nitrogens is 1. The zero-order valence-electron chi connectivity index (χ0n) is 8.44. The van der Waals surface area contributed by atoms with Gasteiger partial charge in [0.15, 0.2) is 17.2 Å². The average molecular weight is 192 g/mol. The molecule has 0 bridgehead atoms. The number of hydrogen-bond donors (Lipinski definition) is 0.